The van der Waals surface area contributed by atoms with Crippen molar-refractivity contribution in [3.63, 3.8) is 0 Å². The smallest absolute Gasteiger partial charge is 0.254 e. The summed E-state index contributed by atoms with van der Waals surface area (Å²) in [5.41, 5.74) is 4.12. The zero-order chi connectivity index (χ0) is 19.7. The maximum absolute atomic E-state index is 13.2. The van der Waals surface area contributed by atoms with E-state index >= 15 is 0 Å². The number of benzene rings is 3. The molecule has 3 aromatic carbocycles. The number of fused-ring (bicyclic) bond motifs is 1. The van der Waals surface area contributed by atoms with Gasteiger partial charge in [0, 0.05) is 34.1 Å². The normalized spacial score (nSPS) is 15.5. The minimum Gasteiger partial charge on any atom is -0.508 e. The Bertz CT molecular complexity index is 1060. The molecule has 1 heterocycles. The van der Waals surface area contributed by atoms with E-state index in [1.165, 1.54) is 0 Å². The van der Waals surface area contributed by atoms with Crippen LogP contribution in [0.1, 0.15) is 24.0 Å². The number of phenols is 2. The number of allylic oxidation sites excluding steroid dienone is 1. The number of carbonyl (C=O) groups excluding carboxylic acids is 1. The second kappa shape index (κ2) is 7.12. The third-order valence-electron chi connectivity index (χ3n) is 4.89. The second-order valence-corrected chi connectivity index (χ2v) is 6.75. The lowest BCUT2D eigenvalue weighted by Gasteiger charge is -2.31. The Hall–Kier alpha value is -3.73. The summed E-state index contributed by atoms with van der Waals surface area (Å²) in [4.78, 5) is 13.2. The number of nitrogens with one attached hydrogen (secondary N) is 2. The standard InChI is InChI=1S/C23H20N2O3/c1-14-20(23(28)25-16-6-3-2-4-7-16)21(15-10-12-17(26)13-11-15)22-18(24-14)8-5-9-19(22)27/h2-13,21,24,26-27H,1H3,(H,25,28). The van der Waals surface area contributed by atoms with Gasteiger partial charge in [-0.05, 0) is 48.9 Å². The van der Waals surface area contributed by atoms with Crippen molar-refractivity contribution in [2.75, 3.05) is 10.6 Å². The van der Waals surface area contributed by atoms with Crippen LogP contribution in [-0.2, 0) is 4.79 Å². The van der Waals surface area contributed by atoms with Crippen LogP contribution in [0.2, 0.25) is 0 Å². The predicted octanol–water partition coefficient (Wildman–Crippen LogP) is 4.57. The fourth-order valence-electron chi connectivity index (χ4n) is 3.62. The number of rotatable bonds is 3. The van der Waals surface area contributed by atoms with Crippen LogP contribution in [-0.4, -0.2) is 16.1 Å². The van der Waals surface area contributed by atoms with E-state index < -0.39 is 5.92 Å². The van der Waals surface area contributed by atoms with E-state index in [9.17, 15) is 15.0 Å². The topological polar surface area (TPSA) is 81.6 Å². The molecule has 0 bridgehead atoms. The quantitative estimate of drug-likeness (QED) is 0.543. The van der Waals surface area contributed by atoms with E-state index in [1.807, 2.05) is 43.3 Å². The van der Waals surface area contributed by atoms with Gasteiger partial charge in [-0.3, -0.25) is 4.79 Å². The van der Waals surface area contributed by atoms with Crippen LogP contribution in [0.25, 0.3) is 0 Å². The highest BCUT2D eigenvalue weighted by atomic mass is 16.3. The largest absolute Gasteiger partial charge is 0.508 e. The number of para-hydroxylation sites is 1. The fraction of sp³-hybridized carbons (Fsp3) is 0.0870. The summed E-state index contributed by atoms with van der Waals surface area (Å²) in [7, 11) is 0. The van der Waals surface area contributed by atoms with Crippen LogP contribution >= 0.6 is 0 Å². The molecule has 0 fully saturated rings. The van der Waals surface area contributed by atoms with Gasteiger partial charge in [-0.25, -0.2) is 0 Å². The van der Waals surface area contributed by atoms with Crippen molar-refractivity contribution in [2.24, 2.45) is 0 Å². The highest BCUT2D eigenvalue weighted by Crippen LogP contribution is 2.46. The molecule has 28 heavy (non-hydrogen) atoms. The van der Waals surface area contributed by atoms with Gasteiger partial charge in [0.2, 0.25) is 0 Å². The van der Waals surface area contributed by atoms with Crippen molar-refractivity contribution in [1.29, 1.82) is 0 Å². The molecule has 0 aliphatic carbocycles. The summed E-state index contributed by atoms with van der Waals surface area (Å²) in [6.45, 7) is 1.85. The zero-order valence-corrected chi connectivity index (χ0v) is 15.3. The van der Waals surface area contributed by atoms with Crippen molar-refractivity contribution < 1.29 is 15.0 Å². The molecule has 0 aromatic heterocycles. The van der Waals surface area contributed by atoms with Crippen molar-refractivity contribution in [1.82, 2.24) is 0 Å². The third kappa shape index (κ3) is 3.18. The first-order valence-corrected chi connectivity index (χ1v) is 8.99. The minimum atomic E-state index is -0.471. The summed E-state index contributed by atoms with van der Waals surface area (Å²) in [6.07, 6.45) is 0. The highest BCUT2D eigenvalue weighted by molar-refractivity contribution is 6.07. The molecule has 140 valence electrons. The first-order chi connectivity index (χ1) is 13.5. The number of aromatic hydroxyl groups is 2. The van der Waals surface area contributed by atoms with Crippen molar-refractivity contribution in [2.45, 2.75) is 12.8 Å². The molecule has 1 aliphatic rings. The Morgan fingerprint density at radius 2 is 1.64 bits per heavy atom. The van der Waals surface area contributed by atoms with Gasteiger partial charge in [0.05, 0.1) is 0 Å². The molecule has 0 spiro atoms. The first kappa shape index (κ1) is 17.7. The molecule has 1 amide bonds. The molecule has 1 atom stereocenters. The molecule has 4 N–H and O–H groups in total. The van der Waals surface area contributed by atoms with Gasteiger partial charge >= 0.3 is 0 Å². The maximum atomic E-state index is 13.2. The lowest BCUT2D eigenvalue weighted by molar-refractivity contribution is -0.113. The van der Waals surface area contributed by atoms with Crippen LogP contribution in [0.4, 0.5) is 11.4 Å². The van der Waals surface area contributed by atoms with Crippen molar-refractivity contribution in [3.8, 4) is 11.5 Å². The van der Waals surface area contributed by atoms with E-state index in [4.69, 9.17) is 0 Å². The van der Waals surface area contributed by atoms with Gasteiger partial charge < -0.3 is 20.8 Å². The number of hydrogen-bond donors (Lipinski definition) is 4. The van der Waals surface area contributed by atoms with Gasteiger partial charge in [0.15, 0.2) is 0 Å². The average Bonchev–Trinajstić information content (AvgIpc) is 2.68. The Balaban J connectivity index is 1.83. The number of amides is 1. The van der Waals surface area contributed by atoms with Crippen LogP contribution in [0.15, 0.2) is 84.1 Å². The zero-order valence-electron chi connectivity index (χ0n) is 15.3. The Morgan fingerprint density at radius 3 is 2.36 bits per heavy atom. The molecule has 5 nitrogen and oxygen atoms in total. The summed E-state index contributed by atoms with van der Waals surface area (Å²) in [5, 5.41) is 26.4. The number of hydrogen-bond acceptors (Lipinski definition) is 4. The monoisotopic (exact) mass is 372 g/mol. The third-order valence-corrected chi connectivity index (χ3v) is 4.89. The molecule has 3 aromatic rings. The molecule has 4 rings (SSSR count). The van der Waals surface area contributed by atoms with Gasteiger partial charge in [-0.15, -0.1) is 0 Å². The van der Waals surface area contributed by atoms with Crippen LogP contribution in [0.5, 0.6) is 11.5 Å². The van der Waals surface area contributed by atoms with Gasteiger partial charge in [-0.1, -0.05) is 36.4 Å². The van der Waals surface area contributed by atoms with Gasteiger partial charge in [0.25, 0.3) is 5.91 Å². The second-order valence-electron chi connectivity index (χ2n) is 6.75. The van der Waals surface area contributed by atoms with Crippen LogP contribution < -0.4 is 10.6 Å². The first-order valence-electron chi connectivity index (χ1n) is 8.99. The lowest BCUT2D eigenvalue weighted by Crippen LogP contribution is -2.27. The van der Waals surface area contributed by atoms with E-state index in [-0.39, 0.29) is 17.4 Å². The number of phenolic OH excluding ortho intramolecular Hbond substituents is 2. The Labute approximate surface area is 163 Å². The van der Waals surface area contributed by atoms with Crippen LogP contribution in [0, 0.1) is 0 Å². The number of anilines is 2. The summed E-state index contributed by atoms with van der Waals surface area (Å²) >= 11 is 0. The Kier molecular flexibility index (Phi) is 4.49. The van der Waals surface area contributed by atoms with E-state index in [0.29, 0.717) is 22.5 Å². The summed E-state index contributed by atoms with van der Waals surface area (Å²) in [6, 6.07) is 21.2. The molecule has 0 saturated carbocycles. The van der Waals surface area contributed by atoms with Crippen molar-refractivity contribution in [3.05, 3.63) is 95.2 Å². The maximum Gasteiger partial charge on any atom is 0.254 e. The lowest BCUT2D eigenvalue weighted by atomic mass is 9.80. The molecule has 0 saturated heterocycles. The highest BCUT2D eigenvalue weighted by Gasteiger charge is 2.34. The minimum absolute atomic E-state index is 0.112. The predicted molar refractivity (Wildman–Crippen MR) is 109 cm³/mol. The van der Waals surface area contributed by atoms with Gasteiger partial charge in [-0.2, -0.15) is 0 Å². The SMILES string of the molecule is CC1=C(C(=O)Nc2ccccc2)C(c2ccc(O)cc2)c2c(O)cccc2N1. The van der Waals surface area contributed by atoms with E-state index in [1.54, 1.807) is 36.4 Å². The number of carbonyl (C=O) groups is 1. The molecular weight excluding hydrogens is 352 g/mol. The summed E-state index contributed by atoms with van der Waals surface area (Å²) < 4.78 is 0. The fourth-order valence-corrected chi connectivity index (χ4v) is 3.62. The van der Waals surface area contributed by atoms with Gasteiger partial charge in [0.1, 0.15) is 11.5 Å². The van der Waals surface area contributed by atoms with Crippen LogP contribution in [0.3, 0.4) is 0 Å². The molecule has 1 aliphatic heterocycles. The van der Waals surface area contributed by atoms with Crippen molar-refractivity contribution >= 4 is 17.3 Å². The molecule has 0 radical (unpaired) electrons. The molecule has 1 unspecified atom stereocenters. The Morgan fingerprint density at radius 1 is 0.929 bits per heavy atom. The molecular formula is C23H20N2O3. The summed E-state index contributed by atoms with van der Waals surface area (Å²) in [5.74, 6) is -0.461. The van der Waals surface area contributed by atoms with E-state index in [0.717, 1.165) is 11.3 Å². The van der Waals surface area contributed by atoms with E-state index in [2.05, 4.69) is 10.6 Å². The average molecular weight is 372 g/mol. The molecule has 5 heteroatoms.